The average molecular weight is 418 g/mol. The zero-order valence-electron chi connectivity index (χ0n) is 13.3. The molecule has 0 aromatic carbocycles. The second kappa shape index (κ2) is 8.69. The number of hydrogen-bond acceptors (Lipinski definition) is 3. The summed E-state index contributed by atoms with van der Waals surface area (Å²) < 4.78 is 2.22. The third kappa shape index (κ3) is 4.33. The van der Waals surface area contributed by atoms with E-state index >= 15 is 0 Å². The lowest BCUT2D eigenvalue weighted by atomic mass is 9.96. The van der Waals surface area contributed by atoms with Crippen molar-refractivity contribution < 1.29 is 0 Å². The summed E-state index contributed by atoms with van der Waals surface area (Å²) in [6, 6.07) is 0.570. The molecule has 1 aromatic rings. The Hall–Kier alpha value is -0.860. The topological polar surface area (TPSA) is 67.1 Å². The summed E-state index contributed by atoms with van der Waals surface area (Å²) >= 11 is 0. The van der Waals surface area contributed by atoms with E-state index in [0.717, 1.165) is 37.1 Å². The van der Waals surface area contributed by atoms with Gasteiger partial charge in [-0.05, 0) is 26.2 Å². The second-order valence-corrected chi connectivity index (χ2v) is 5.96. The number of fused-ring (bicyclic) bond motifs is 1. The third-order valence-corrected chi connectivity index (χ3v) is 4.35. The zero-order valence-corrected chi connectivity index (χ0v) is 15.7. The van der Waals surface area contributed by atoms with E-state index in [1.165, 1.54) is 38.5 Å². The summed E-state index contributed by atoms with van der Waals surface area (Å²) in [6.07, 6.45) is 8.77. The van der Waals surface area contributed by atoms with Gasteiger partial charge in [0.1, 0.15) is 12.4 Å². The van der Waals surface area contributed by atoms with Crippen LogP contribution in [0.25, 0.3) is 0 Å². The fourth-order valence-electron chi connectivity index (χ4n) is 3.24. The molecule has 22 heavy (non-hydrogen) atoms. The maximum Gasteiger partial charge on any atom is 0.191 e. The quantitative estimate of drug-likeness (QED) is 0.447. The Morgan fingerprint density at radius 2 is 2.05 bits per heavy atom. The number of nitrogens with one attached hydrogen (secondary N) is 2. The summed E-state index contributed by atoms with van der Waals surface area (Å²) in [6.45, 7) is 4.64. The number of aryl methyl sites for hydroxylation is 1. The van der Waals surface area contributed by atoms with Crippen LogP contribution < -0.4 is 10.6 Å². The molecule has 1 aliphatic heterocycles. The van der Waals surface area contributed by atoms with E-state index in [1.54, 1.807) is 0 Å². The Morgan fingerprint density at radius 1 is 1.23 bits per heavy atom. The van der Waals surface area contributed by atoms with Gasteiger partial charge in [0.05, 0.1) is 0 Å². The Labute approximate surface area is 149 Å². The lowest BCUT2D eigenvalue weighted by Crippen LogP contribution is -2.44. The number of guanidine groups is 1. The Kier molecular flexibility index (Phi) is 6.91. The van der Waals surface area contributed by atoms with Crippen LogP contribution in [0.2, 0.25) is 0 Å². The molecule has 0 bridgehead atoms. The van der Waals surface area contributed by atoms with Crippen LogP contribution in [0.15, 0.2) is 4.99 Å². The van der Waals surface area contributed by atoms with Gasteiger partial charge in [-0.15, -0.1) is 34.2 Å². The van der Waals surface area contributed by atoms with Gasteiger partial charge >= 0.3 is 0 Å². The lowest BCUT2D eigenvalue weighted by Gasteiger charge is -2.24. The van der Waals surface area contributed by atoms with E-state index in [4.69, 9.17) is 4.99 Å². The largest absolute Gasteiger partial charge is 0.357 e. The highest BCUT2D eigenvalue weighted by Crippen LogP contribution is 2.17. The van der Waals surface area contributed by atoms with E-state index in [-0.39, 0.29) is 24.0 Å². The molecule has 124 valence electrons. The minimum absolute atomic E-state index is 0. The van der Waals surface area contributed by atoms with Gasteiger partial charge in [0.15, 0.2) is 11.8 Å². The molecule has 0 radical (unpaired) electrons. The molecule has 3 rings (SSSR count). The fourth-order valence-corrected chi connectivity index (χ4v) is 3.24. The van der Waals surface area contributed by atoms with Crippen molar-refractivity contribution in [3.05, 3.63) is 11.6 Å². The molecule has 0 amide bonds. The smallest absolute Gasteiger partial charge is 0.191 e. The van der Waals surface area contributed by atoms with Crippen molar-refractivity contribution >= 4 is 29.9 Å². The predicted molar refractivity (Wildman–Crippen MR) is 98.6 cm³/mol. The molecule has 0 unspecified atom stereocenters. The Bertz CT molecular complexity index is 492. The van der Waals surface area contributed by atoms with Crippen molar-refractivity contribution in [2.24, 2.45) is 4.99 Å². The van der Waals surface area contributed by atoms with E-state index in [1.807, 2.05) is 0 Å². The van der Waals surface area contributed by atoms with Gasteiger partial charge in [0.25, 0.3) is 0 Å². The van der Waals surface area contributed by atoms with Gasteiger partial charge in [-0.25, -0.2) is 4.99 Å². The zero-order chi connectivity index (χ0) is 14.5. The second-order valence-electron chi connectivity index (χ2n) is 5.96. The SMILES string of the molecule is CCNC(=NCc1nnc2n1CCC2)NC1CCCCC1.I. The number of hydrogen-bond donors (Lipinski definition) is 2. The normalized spacial score (nSPS) is 18.7. The van der Waals surface area contributed by atoms with E-state index in [0.29, 0.717) is 12.6 Å². The van der Waals surface area contributed by atoms with E-state index < -0.39 is 0 Å². The Balaban J connectivity index is 0.00000176. The highest BCUT2D eigenvalue weighted by molar-refractivity contribution is 14.0. The van der Waals surface area contributed by atoms with Gasteiger partial charge < -0.3 is 15.2 Å². The first-order chi connectivity index (χ1) is 10.4. The summed E-state index contributed by atoms with van der Waals surface area (Å²) in [5, 5.41) is 15.4. The molecule has 1 aliphatic carbocycles. The maximum atomic E-state index is 4.70. The molecule has 0 atom stereocenters. The molecule has 1 fully saturated rings. The highest BCUT2D eigenvalue weighted by Gasteiger charge is 2.17. The minimum Gasteiger partial charge on any atom is -0.357 e. The molecule has 7 heteroatoms. The van der Waals surface area contributed by atoms with Gasteiger partial charge in [0.2, 0.25) is 0 Å². The summed E-state index contributed by atoms with van der Waals surface area (Å²) in [5.41, 5.74) is 0. The molecule has 1 aromatic heterocycles. The van der Waals surface area contributed by atoms with Crippen molar-refractivity contribution in [1.29, 1.82) is 0 Å². The molecular formula is C15H27IN6. The van der Waals surface area contributed by atoms with Crippen LogP contribution in [-0.2, 0) is 19.5 Å². The highest BCUT2D eigenvalue weighted by atomic mass is 127. The molecule has 0 spiro atoms. The Morgan fingerprint density at radius 3 is 2.82 bits per heavy atom. The van der Waals surface area contributed by atoms with E-state index in [2.05, 4.69) is 32.3 Å². The lowest BCUT2D eigenvalue weighted by molar-refractivity contribution is 0.410. The number of nitrogens with zero attached hydrogens (tertiary/aromatic N) is 4. The van der Waals surface area contributed by atoms with Gasteiger partial charge in [-0.3, -0.25) is 0 Å². The fraction of sp³-hybridized carbons (Fsp3) is 0.800. The first-order valence-electron chi connectivity index (χ1n) is 8.32. The monoisotopic (exact) mass is 418 g/mol. The first kappa shape index (κ1) is 17.5. The molecule has 2 heterocycles. The minimum atomic E-state index is 0. The predicted octanol–water partition coefficient (Wildman–Crippen LogP) is 2.23. The van der Waals surface area contributed by atoms with Gasteiger partial charge in [-0.2, -0.15) is 0 Å². The van der Waals surface area contributed by atoms with Gasteiger partial charge in [0, 0.05) is 25.6 Å². The molecule has 2 aliphatic rings. The molecule has 0 saturated heterocycles. The standard InChI is InChI=1S/C15H26N6.HI/c1-2-16-15(18-12-7-4-3-5-8-12)17-11-14-20-19-13-9-6-10-21(13)14;/h12H,2-11H2,1H3,(H2,16,17,18);1H. The van der Waals surface area contributed by atoms with Crippen molar-refractivity contribution in [2.75, 3.05) is 6.54 Å². The van der Waals surface area contributed by atoms with Crippen LogP contribution in [0.3, 0.4) is 0 Å². The molecule has 2 N–H and O–H groups in total. The van der Waals surface area contributed by atoms with Crippen molar-refractivity contribution in [3.63, 3.8) is 0 Å². The summed E-state index contributed by atoms with van der Waals surface area (Å²) in [4.78, 5) is 4.70. The number of aromatic nitrogens is 3. The molecule has 6 nitrogen and oxygen atoms in total. The van der Waals surface area contributed by atoms with Crippen molar-refractivity contribution in [2.45, 2.75) is 71.0 Å². The summed E-state index contributed by atoms with van der Waals surface area (Å²) in [7, 11) is 0. The number of rotatable bonds is 4. The number of aliphatic imine (C=N–C) groups is 1. The molecular weight excluding hydrogens is 391 g/mol. The summed E-state index contributed by atoms with van der Waals surface area (Å²) in [5.74, 6) is 3.02. The van der Waals surface area contributed by atoms with E-state index in [9.17, 15) is 0 Å². The third-order valence-electron chi connectivity index (χ3n) is 4.35. The van der Waals surface area contributed by atoms with Crippen LogP contribution in [0.5, 0.6) is 0 Å². The van der Waals surface area contributed by atoms with Crippen LogP contribution in [0, 0.1) is 0 Å². The molecule has 1 saturated carbocycles. The van der Waals surface area contributed by atoms with Crippen LogP contribution in [-0.4, -0.2) is 33.3 Å². The maximum absolute atomic E-state index is 4.70. The number of halogens is 1. The van der Waals surface area contributed by atoms with Crippen molar-refractivity contribution in [3.8, 4) is 0 Å². The van der Waals surface area contributed by atoms with Crippen LogP contribution >= 0.6 is 24.0 Å². The van der Waals surface area contributed by atoms with Gasteiger partial charge in [-0.1, -0.05) is 19.3 Å². The van der Waals surface area contributed by atoms with Crippen molar-refractivity contribution in [1.82, 2.24) is 25.4 Å². The average Bonchev–Trinajstić information content (AvgIpc) is 3.10. The van der Waals surface area contributed by atoms with Crippen LogP contribution in [0.4, 0.5) is 0 Å². The van der Waals surface area contributed by atoms with Crippen LogP contribution in [0.1, 0.15) is 57.1 Å². The first-order valence-corrected chi connectivity index (χ1v) is 8.32.